The fourth-order valence-electron chi connectivity index (χ4n) is 9.86. The molecule has 4 heterocycles. The first-order valence-electron chi connectivity index (χ1n) is 24.9. The van der Waals surface area contributed by atoms with Gasteiger partial charge in [-0.2, -0.15) is 5.10 Å². The summed E-state index contributed by atoms with van der Waals surface area (Å²) in [5.41, 5.74) is 2.95. The number of benzene rings is 5. The van der Waals surface area contributed by atoms with Crippen LogP contribution in [-0.4, -0.2) is 94.1 Å². The Morgan fingerprint density at radius 1 is 0.817 bits per heavy atom. The highest BCUT2D eigenvalue weighted by Crippen LogP contribution is 2.65. The predicted octanol–water partition coefficient (Wildman–Crippen LogP) is 11.5. The summed E-state index contributed by atoms with van der Waals surface area (Å²) in [6.07, 6.45) is 9.33. The van der Waals surface area contributed by atoms with Gasteiger partial charge in [0.05, 0.1) is 25.8 Å². The molecule has 16 heteroatoms. The quantitative estimate of drug-likeness (QED) is 0.0669. The van der Waals surface area contributed by atoms with Gasteiger partial charge in [0, 0.05) is 71.6 Å². The number of halogens is 2. The number of hydrogen-bond acceptors (Lipinski definition) is 11. The van der Waals surface area contributed by atoms with Crippen LogP contribution in [-0.2, 0) is 21.6 Å². The lowest BCUT2D eigenvalue weighted by Crippen LogP contribution is -2.46. The molecule has 4 atom stereocenters. The molecule has 3 aliphatic rings. The normalized spacial score (nSPS) is 22.2. The van der Waals surface area contributed by atoms with Crippen LogP contribution in [0.25, 0.3) is 0 Å². The average Bonchev–Trinajstić information content (AvgIpc) is 4.13. The summed E-state index contributed by atoms with van der Waals surface area (Å²) in [6.45, 7) is 10.5. The third-order valence-corrected chi connectivity index (χ3v) is 16.9. The van der Waals surface area contributed by atoms with E-state index in [0.717, 1.165) is 71.9 Å². The molecular formula is C55H65F2N7O6S. The van der Waals surface area contributed by atoms with Gasteiger partial charge in [-0.3, -0.25) is 4.79 Å². The number of aromatic hydroxyl groups is 1. The van der Waals surface area contributed by atoms with Crippen molar-refractivity contribution in [2.24, 2.45) is 0 Å². The van der Waals surface area contributed by atoms with Crippen LogP contribution in [0.2, 0.25) is 0 Å². The van der Waals surface area contributed by atoms with E-state index in [2.05, 4.69) is 69.6 Å². The fourth-order valence-corrected chi connectivity index (χ4v) is 13.3. The SMILES string of the molecule is CCCCCCCCOc1ccc(NS2(c3ccc(N4CCN(c5ccc(OC[C@H]6OC[C@](Cn7cncn7)(c7ccc(F)cc7F)O6)cc5)CC4)cc3)CC(c3ccc(O)cc3)N(C(C)C)C2=O)cc1. The molecule has 5 aromatic carbocycles. The Bertz CT molecular complexity index is 2660. The summed E-state index contributed by atoms with van der Waals surface area (Å²) in [6, 6.07) is 35.0. The molecule has 71 heavy (non-hydrogen) atoms. The van der Waals surface area contributed by atoms with E-state index in [4.69, 9.17) is 18.9 Å². The second-order valence-corrected chi connectivity index (χ2v) is 21.7. The van der Waals surface area contributed by atoms with Crippen LogP contribution in [0, 0.1) is 11.6 Å². The number of carbonyl (C=O) groups excluding carboxylic acids is 1. The summed E-state index contributed by atoms with van der Waals surface area (Å²) < 4.78 is 58.8. The van der Waals surface area contributed by atoms with Gasteiger partial charge in [-0.25, -0.2) is 18.4 Å². The van der Waals surface area contributed by atoms with E-state index in [1.165, 1.54) is 61.6 Å². The number of nitrogens with zero attached hydrogens (tertiary/aromatic N) is 6. The van der Waals surface area contributed by atoms with Gasteiger partial charge < -0.3 is 43.5 Å². The lowest BCUT2D eigenvalue weighted by Gasteiger charge is -2.38. The number of unbranched alkanes of at least 4 members (excludes halogenated alkanes) is 5. The Morgan fingerprint density at radius 3 is 2.11 bits per heavy atom. The molecule has 2 N–H and O–H groups in total. The minimum Gasteiger partial charge on any atom is -0.508 e. The minimum absolute atomic E-state index is 0.0155. The molecule has 9 rings (SSSR count). The number of anilines is 3. The van der Waals surface area contributed by atoms with Gasteiger partial charge >= 0.3 is 0 Å². The number of hydrogen-bond donors (Lipinski definition) is 2. The van der Waals surface area contributed by atoms with Crippen molar-refractivity contribution in [3.63, 3.8) is 0 Å². The summed E-state index contributed by atoms with van der Waals surface area (Å²) >= 11 is 0. The monoisotopic (exact) mass is 989 g/mol. The highest BCUT2D eigenvalue weighted by Gasteiger charge is 2.51. The van der Waals surface area contributed by atoms with Crippen molar-refractivity contribution in [2.45, 2.75) is 94.7 Å². The molecule has 0 spiro atoms. The summed E-state index contributed by atoms with van der Waals surface area (Å²) in [4.78, 5) is 26.8. The van der Waals surface area contributed by atoms with Crippen molar-refractivity contribution in [3.8, 4) is 17.2 Å². The van der Waals surface area contributed by atoms with E-state index in [-0.39, 0.29) is 48.4 Å². The Kier molecular flexibility index (Phi) is 15.6. The number of phenolic OH excluding ortho intramolecular Hbond substituents is 1. The number of piperazine rings is 1. The molecular weight excluding hydrogens is 925 g/mol. The van der Waals surface area contributed by atoms with Crippen molar-refractivity contribution in [2.75, 3.05) is 66.3 Å². The summed E-state index contributed by atoms with van der Waals surface area (Å²) in [7, 11) is -2.30. The number of ether oxygens (including phenoxy) is 4. The first kappa shape index (κ1) is 49.6. The molecule has 1 amide bonds. The third kappa shape index (κ3) is 11.4. The van der Waals surface area contributed by atoms with Gasteiger partial charge in [-0.15, -0.1) is 0 Å². The van der Waals surface area contributed by atoms with E-state index in [9.17, 15) is 9.50 Å². The van der Waals surface area contributed by atoms with E-state index < -0.39 is 33.7 Å². The molecule has 13 nitrogen and oxygen atoms in total. The molecule has 0 radical (unpaired) electrons. The van der Waals surface area contributed by atoms with Crippen LogP contribution in [0.4, 0.5) is 30.6 Å². The van der Waals surface area contributed by atoms with Crippen molar-refractivity contribution < 1.29 is 37.6 Å². The number of phenols is 1. The summed E-state index contributed by atoms with van der Waals surface area (Å²) in [5.74, 6) is 0.823. The van der Waals surface area contributed by atoms with Crippen molar-refractivity contribution >= 4 is 32.5 Å². The number of carbonyl (C=O) groups is 1. The second kappa shape index (κ2) is 22.4. The predicted molar refractivity (Wildman–Crippen MR) is 275 cm³/mol. The van der Waals surface area contributed by atoms with Crippen LogP contribution in [0.3, 0.4) is 0 Å². The molecule has 0 aliphatic carbocycles. The zero-order valence-corrected chi connectivity index (χ0v) is 41.6. The second-order valence-electron chi connectivity index (χ2n) is 18.9. The molecule has 3 fully saturated rings. The van der Waals surface area contributed by atoms with Crippen molar-refractivity contribution in [1.82, 2.24) is 19.7 Å². The standard InChI is InChI=1S/C55H65F2N7O6S/c1-4-5-6-7-8-9-32-67-47-21-13-43(14-22-47)60-71(35-52(64(40(2)3)54(71)66)41-10-19-46(65)20-11-41)49-25-17-45(18-26-49)62-30-28-61(29-31-62)44-15-23-48(24-16-44)68-34-53-69-37-55(70-53,36-63-39-58-38-59-63)50-27-12-42(56)33-51(50)57/h10-27,33,38-40,52-53,60,65H,4-9,28-32,34-37H2,1-3H3/t52?,53-,55+/m0/s1. The first-order chi connectivity index (χ1) is 34.5. The Balaban J connectivity index is 0.833. The van der Waals surface area contributed by atoms with Crippen LogP contribution in [0.15, 0.2) is 133 Å². The Morgan fingerprint density at radius 2 is 1.46 bits per heavy atom. The maximum atomic E-state index is 15.1. The van der Waals surface area contributed by atoms with Gasteiger partial charge in [-0.1, -0.05) is 67.4 Å². The summed E-state index contributed by atoms with van der Waals surface area (Å²) in [5, 5.41) is 14.4. The Labute approximate surface area is 417 Å². The average molecular weight is 990 g/mol. The Hall–Kier alpha value is -6.36. The lowest BCUT2D eigenvalue weighted by atomic mass is 9.94. The van der Waals surface area contributed by atoms with Crippen LogP contribution in [0.5, 0.6) is 17.2 Å². The number of nitrogens with one attached hydrogen (secondary N) is 1. The van der Waals surface area contributed by atoms with E-state index in [0.29, 0.717) is 18.1 Å². The molecule has 6 aromatic rings. The number of aromatic nitrogens is 3. The molecule has 376 valence electrons. The minimum atomic E-state index is -2.30. The van der Waals surface area contributed by atoms with Crippen molar-refractivity contribution in [3.05, 3.63) is 151 Å². The van der Waals surface area contributed by atoms with E-state index in [1.54, 1.807) is 12.1 Å². The van der Waals surface area contributed by atoms with Gasteiger partial charge in [0.1, 0.15) is 53.7 Å². The molecule has 0 saturated carbocycles. The van der Waals surface area contributed by atoms with Gasteiger partial charge in [-0.05, 0) is 117 Å². The molecule has 0 bridgehead atoms. The van der Waals surface area contributed by atoms with E-state index in [1.807, 2.05) is 65.6 Å². The molecule has 2 unspecified atom stereocenters. The van der Waals surface area contributed by atoms with Crippen LogP contribution < -0.4 is 24.0 Å². The van der Waals surface area contributed by atoms with Crippen molar-refractivity contribution in [1.29, 1.82) is 0 Å². The van der Waals surface area contributed by atoms with Gasteiger partial charge in [0.25, 0.3) is 5.24 Å². The first-order valence-corrected chi connectivity index (χ1v) is 26.7. The number of amides is 1. The third-order valence-electron chi connectivity index (χ3n) is 13.6. The zero-order chi connectivity index (χ0) is 49.4. The zero-order valence-electron chi connectivity index (χ0n) is 40.8. The lowest BCUT2D eigenvalue weighted by molar-refractivity contribution is -0.117. The van der Waals surface area contributed by atoms with Crippen LogP contribution >= 0.6 is 10.2 Å². The molecule has 3 saturated heterocycles. The van der Waals surface area contributed by atoms with Gasteiger partial charge in [0.15, 0.2) is 6.29 Å². The smallest absolute Gasteiger partial charge is 0.286 e. The van der Waals surface area contributed by atoms with Crippen LogP contribution in [0.1, 0.15) is 76.5 Å². The largest absolute Gasteiger partial charge is 0.508 e. The topological polar surface area (TPSA) is 127 Å². The van der Waals surface area contributed by atoms with E-state index >= 15 is 9.18 Å². The molecule has 1 aromatic heterocycles. The van der Waals surface area contributed by atoms with Gasteiger partial charge in [0.2, 0.25) is 0 Å². The highest BCUT2D eigenvalue weighted by atomic mass is 32.3. The number of rotatable bonds is 21. The fraction of sp³-hybridized carbons (Fsp3) is 0.400. The highest BCUT2D eigenvalue weighted by molar-refractivity contribution is 8.46. The maximum Gasteiger partial charge on any atom is 0.286 e. The molecule has 3 aliphatic heterocycles. The maximum absolute atomic E-state index is 15.1.